The van der Waals surface area contributed by atoms with E-state index in [4.69, 9.17) is 11.6 Å². The highest BCUT2D eigenvalue weighted by Gasteiger charge is 2.18. The minimum atomic E-state index is -0.467. The van der Waals surface area contributed by atoms with Gasteiger partial charge in [0.05, 0.1) is 11.7 Å². The Morgan fingerprint density at radius 2 is 1.95 bits per heavy atom. The number of halogens is 1. The second-order valence-electron chi connectivity index (χ2n) is 5.39. The lowest BCUT2D eigenvalue weighted by atomic mass is 10.0. The minimum Gasteiger partial charge on any atom is -0.507 e. The molecule has 5 heteroatoms. The van der Waals surface area contributed by atoms with Crippen LogP contribution in [-0.2, 0) is 6.54 Å². The van der Waals surface area contributed by atoms with Crippen LogP contribution in [0.15, 0.2) is 12.1 Å². The third kappa shape index (κ3) is 4.47. The Hall–Kier alpha value is -1.10. The van der Waals surface area contributed by atoms with Crippen LogP contribution >= 0.6 is 11.6 Å². The van der Waals surface area contributed by atoms with E-state index in [2.05, 4.69) is 0 Å². The smallest absolute Gasteiger partial charge is 0.163 e. The van der Waals surface area contributed by atoms with Crippen molar-refractivity contribution >= 4 is 17.4 Å². The van der Waals surface area contributed by atoms with Crippen LogP contribution in [0.5, 0.6) is 5.75 Å². The monoisotopic (exact) mass is 299 g/mol. The summed E-state index contributed by atoms with van der Waals surface area (Å²) in [6.45, 7) is 8.04. The largest absolute Gasteiger partial charge is 0.507 e. The van der Waals surface area contributed by atoms with Gasteiger partial charge in [-0.15, -0.1) is 0 Å². The second kappa shape index (κ2) is 7.07. The molecule has 1 unspecified atom stereocenters. The molecule has 0 aliphatic rings. The number of rotatable bonds is 6. The fourth-order valence-corrected chi connectivity index (χ4v) is 2.30. The molecular formula is C15H22ClNO3. The Kier molecular flexibility index (Phi) is 5.99. The van der Waals surface area contributed by atoms with Crippen molar-refractivity contribution in [2.24, 2.45) is 0 Å². The van der Waals surface area contributed by atoms with Gasteiger partial charge in [-0.2, -0.15) is 0 Å². The molecule has 0 spiro atoms. The molecule has 0 heterocycles. The van der Waals surface area contributed by atoms with Crippen molar-refractivity contribution in [1.29, 1.82) is 0 Å². The molecule has 20 heavy (non-hydrogen) atoms. The van der Waals surface area contributed by atoms with Crippen LogP contribution in [0.4, 0.5) is 0 Å². The molecule has 112 valence electrons. The Bertz CT molecular complexity index is 486. The molecule has 4 nitrogen and oxygen atoms in total. The molecule has 0 amide bonds. The maximum Gasteiger partial charge on any atom is 0.163 e. The van der Waals surface area contributed by atoms with Crippen LogP contribution in [0.25, 0.3) is 0 Å². The van der Waals surface area contributed by atoms with Crippen LogP contribution in [0.1, 0.15) is 43.6 Å². The number of nitrogens with zero attached hydrogens (tertiary/aromatic N) is 1. The van der Waals surface area contributed by atoms with Crippen molar-refractivity contribution in [2.45, 2.75) is 46.4 Å². The van der Waals surface area contributed by atoms with E-state index in [0.717, 1.165) is 0 Å². The van der Waals surface area contributed by atoms with Crippen LogP contribution < -0.4 is 0 Å². The van der Waals surface area contributed by atoms with E-state index in [1.807, 2.05) is 18.7 Å². The second-order valence-corrected chi connectivity index (χ2v) is 5.83. The first-order chi connectivity index (χ1) is 9.22. The number of hydrogen-bond acceptors (Lipinski definition) is 4. The number of phenols is 1. The van der Waals surface area contributed by atoms with Crippen molar-refractivity contribution in [3.8, 4) is 5.75 Å². The molecule has 0 radical (unpaired) electrons. The van der Waals surface area contributed by atoms with Crippen LogP contribution in [0.2, 0.25) is 5.02 Å². The summed E-state index contributed by atoms with van der Waals surface area (Å²) in [5, 5.41) is 20.1. The van der Waals surface area contributed by atoms with Crippen molar-refractivity contribution in [1.82, 2.24) is 4.90 Å². The lowest BCUT2D eigenvalue weighted by molar-refractivity contribution is 0.0997. The summed E-state index contributed by atoms with van der Waals surface area (Å²) in [5.74, 6) is -0.254. The highest BCUT2D eigenvalue weighted by Crippen LogP contribution is 2.29. The summed E-state index contributed by atoms with van der Waals surface area (Å²) in [7, 11) is 0. The molecule has 0 aromatic heterocycles. The highest BCUT2D eigenvalue weighted by atomic mass is 35.5. The number of hydrogen-bond donors (Lipinski definition) is 2. The first-order valence-electron chi connectivity index (χ1n) is 6.66. The van der Waals surface area contributed by atoms with Gasteiger partial charge in [0, 0.05) is 29.7 Å². The summed E-state index contributed by atoms with van der Waals surface area (Å²) in [4.78, 5) is 13.5. The van der Waals surface area contributed by atoms with Crippen LogP contribution in [0.3, 0.4) is 0 Å². The van der Waals surface area contributed by atoms with Gasteiger partial charge in [-0.1, -0.05) is 11.6 Å². The van der Waals surface area contributed by atoms with Crippen LogP contribution in [0, 0.1) is 0 Å². The van der Waals surface area contributed by atoms with E-state index in [1.54, 1.807) is 13.0 Å². The standard InChI is InChI=1S/C15H22ClNO3/c1-9(2)17(7-10(3)18)8-12-5-13(16)6-14(11(4)19)15(12)20/h5-6,9-10,18,20H,7-8H2,1-4H3. The number of aliphatic hydroxyl groups excluding tert-OH is 1. The van der Waals surface area contributed by atoms with Gasteiger partial charge in [0.1, 0.15) is 5.75 Å². The summed E-state index contributed by atoms with van der Waals surface area (Å²) >= 11 is 6.00. The summed E-state index contributed by atoms with van der Waals surface area (Å²) in [6.07, 6.45) is -0.467. The molecule has 2 N–H and O–H groups in total. The summed E-state index contributed by atoms with van der Waals surface area (Å²) in [5.41, 5.74) is 0.824. The van der Waals surface area contributed by atoms with Crippen molar-refractivity contribution < 1.29 is 15.0 Å². The summed E-state index contributed by atoms with van der Waals surface area (Å²) < 4.78 is 0. The molecule has 0 fully saturated rings. The molecule has 1 atom stereocenters. The van der Waals surface area contributed by atoms with Gasteiger partial charge in [0.2, 0.25) is 0 Å². The molecule has 0 aliphatic carbocycles. The first-order valence-corrected chi connectivity index (χ1v) is 7.04. The number of carbonyl (C=O) groups is 1. The fraction of sp³-hybridized carbons (Fsp3) is 0.533. The average molecular weight is 300 g/mol. The third-order valence-corrected chi connectivity index (χ3v) is 3.35. The van der Waals surface area contributed by atoms with Gasteiger partial charge in [0.25, 0.3) is 0 Å². The molecular weight excluding hydrogens is 278 g/mol. The Labute approximate surface area is 125 Å². The molecule has 0 bridgehead atoms. The van der Waals surface area contributed by atoms with E-state index < -0.39 is 6.10 Å². The zero-order valence-corrected chi connectivity index (χ0v) is 13.1. The van der Waals surface area contributed by atoms with Gasteiger partial charge in [0.15, 0.2) is 5.78 Å². The number of benzene rings is 1. The number of phenolic OH excluding ortho intramolecular Hbond substituents is 1. The van der Waals surface area contributed by atoms with E-state index in [0.29, 0.717) is 23.7 Å². The SMILES string of the molecule is CC(=O)c1cc(Cl)cc(CN(CC(C)O)C(C)C)c1O. The predicted octanol–water partition coefficient (Wildman–Crippen LogP) is 2.84. The van der Waals surface area contributed by atoms with Gasteiger partial charge in [-0.05, 0) is 39.8 Å². The lowest BCUT2D eigenvalue weighted by Crippen LogP contribution is -2.36. The van der Waals surface area contributed by atoms with Gasteiger partial charge >= 0.3 is 0 Å². The van der Waals surface area contributed by atoms with E-state index in [-0.39, 0.29) is 23.1 Å². The quantitative estimate of drug-likeness (QED) is 0.793. The van der Waals surface area contributed by atoms with E-state index in [1.165, 1.54) is 13.0 Å². The molecule has 0 saturated carbocycles. The highest BCUT2D eigenvalue weighted by molar-refractivity contribution is 6.31. The topological polar surface area (TPSA) is 60.8 Å². The zero-order chi connectivity index (χ0) is 15.4. The number of aliphatic hydroxyl groups is 1. The normalized spacial score (nSPS) is 13.0. The van der Waals surface area contributed by atoms with Crippen LogP contribution in [-0.4, -0.2) is 39.6 Å². The third-order valence-electron chi connectivity index (χ3n) is 3.14. The maximum atomic E-state index is 11.5. The number of ketones is 1. The van der Waals surface area contributed by atoms with Gasteiger partial charge in [-0.3, -0.25) is 9.69 Å². The predicted molar refractivity (Wildman–Crippen MR) is 80.3 cm³/mol. The van der Waals surface area contributed by atoms with Crippen molar-refractivity contribution in [3.05, 3.63) is 28.3 Å². The maximum absolute atomic E-state index is 11.5. The van der Waals surface area contributed by atoms with E-state index in [9.17, 15) is 15.0 Å². The molecule has 1 aromatic rings. The first kappa shape index (κ1) is 17.0. The van der Waals surface area contributed by atoms with Gasteiger partial charge < -0.3 is 10.2 Å². The number of carbonyl (C=O) groups excluding carboxylic acids is 1. The van der Waals surface area contributed by atoms with E-state index >= 15 is 0 Å². The summed E-state index contributed by atoms with van der Waals surface area (Å²) in [6, 6.07) is 3.32. The van der Waals surface area contributed by atoms with Gasteiger partial charge in [-0.25, -0.2) is 0 Å². The Morgan fingerprint density at radius 3 is 2.40 bits per heavy atom. The van der Waals surface area contributed by atoms with Crippen molar-refractivity contribution in [2.75, 3.05) is 6.54 Å². The molecule has 1 rings (SSSR count). The number of aromatic hydroxyl groups is 1. The lowest BCUT2D eigenvalue weighted by Gasteiger charge is -2.28. The molecule has 0 aliphatic heterocycles. The minimum absolute atomic E-state index is 0.0295. The zero-order valence-electron chi connectivity index (χ0n) is 12.4. The molecule has 0 saturated heterocycles. The average Bonchev–Trinajstić information content (AvgIpc) is 2.31. The fourth-order valence-electron chi connectivity index (χ4n) is 2.06. The Morgan fingerprint density at radius 1 is 1.35 bits per heavy atom. The van der Waals surface area contributed by atoms with Crippen molar-refractivity contribution in [3.63, 3.8) is 0 Å². The molecule has 1 aromatic carbocycles. The Balaban J connectivity index is 3.09. The number of Topliss-reactive ketones (excluding diaryl/α,β-unsaturated/α-hetero) is 1.